The number of benzene rings is 2. The Morgan fingerprint density at radius 3 is 2.77 bits per heavy atom. The summed E-state index contributed by atoms with van der Waals surface area (Å²) in [6.45, 7) is 1.23. The Kier molecular flexibility index (Phi) is 5.40. The second-order valence-corrected chi connectivity index (χ2v) is 7.82. The normalized spacial score (nSPS) is 13.0. The Bertz CT molecular complexity index is 1230. The van der Waals surface area contributed by atoms with Gasteiger partial charge in [0.25, 0.3) is 0 Å². The van der Waals surface area contributed by atoms with E-state index in [0.717, 1.165) is 17.5 Å². The molecule has 0 atom stereocenters. The maximum atomic E-state index is 12.5. The molecule has 0 spiro atoms. The van der Waals surface area contributed by atoms with Crippen LogP contribution in [0.25, 0.3) is 16.7 Å². The molecule has 5 rings (SSSR count). The number of nitrogens with one attached hydrogen (secondary N) is 1. The fourth-order valence-corrected chi connectivity index (χ4v) is 4.03. The smallest absolute Gasteiger partial charge is 0.234 e. The number of hydrogen-bond donors (Lipinski definition) is 1. The predicted octanol–water partition coefficient (Wildman–Crippen LogP) is 3.71. The zero-order valence-corrected chi connectivity index (χ0v) is 17.3. The lowest BCUT2D eigenvalue weighted by molar-refractivity contribution is -0.113. The average Bonchev–Trinajstić information content (AvgIpc) is 3.10. The number of carbonyl (C=O) groups excluding carboxylic acids is 1. The zero-order valence-electron chi connectivity index (χ0n) is 16.5. The largest absolute Gasteiger partial charge is 0.490 e. The van der Waals surface area contributed by atoms with E-state index in [-0.39, 0.29) is 11.7 Å². The number of carbonyl (C=O) groups is 1. The Morgan fingerprint density at radius 1 is 1.06 bits per heavy atom. The highest BCUT2D eigenvalue weighted by Gasteiger charge is 2.15. The van der Waals surface area contributed by atoms with Gasteiger partial charge in [-0.1, -0.05) is 30.0 Å². The molecule has 0 radical (unpaired) electrons. The number of para-hydroxylation sites is 1. The van der Waals surface area contributed by atoms with Gasteiger partial charge in [-0.3, -0.25) is 4.79 Å². The quantitative estimate of drug-likeness (QED) is 0.379. The van der Waals surface area contributed by atoms with Crippen molar-refractivity contribution < 1.29 is 14.3 Å². The Morgan fingerprint density at radius 2 is 1.90 bits per heavy atom. The molecule has 1 amide bonds. The number of ether oxygens (including phenoxy) is 2. The molecule has 1 N–H and O–H groups in total. The summed E-state index contributed by atoms with van der Waals surface area (Å²) >= 11 is 1.35. The fourth-order valence-electron chi connectivity index (χ4n) is 3.27. The minimum atomic E-state index is -0.137. The number of hydrogen-bond acceptors (Lipinski definition) is 7. The van der Waals surface area contributed by atoms with Crippen LogP contribution in [0.15, 0.2) is 66.1 Å². The highest BCUT2D eigenvalue weighted by molar-refractivity contribution is 8.00. The van der Waals surface area contributed by atoms with Gasteiger partial charge in [0.2, 0.25) is 5.91 Å². The number of aromatic nitrogens is 4. The van der Waals surface area contributed by atoms with E-state index in [9.17, 15) is 4.79 Å². The van der Waals surface area contributed by atoms with Crippen LogP contribution >= 0.6 is 11.8 Å². The molecule has 156 valence electrons. The highest BCUT2D eigenvalue weighted by atomic mass is 32.2. The van der Waals surface area contributed by atoms with Crippen molar-refractivity contribution in [1.29, 1.82) is 0 Å². The fraction of sp³-hybridized carbons (Fsp3) is 0.182. The van der Waals surface area contributed by atoms with Crippen LogP contribution in [0.4, 0.5) is 5.69 Å². The maximum Gasteiger partial charge on any atom is 0.234 e. The number of thioether (sulfide) groups is 1. The molecular formula is C22H19N5O3S. The van der Waals surface area contributed by atoms with E-state index in [1.807, 2.05) is 42.5 Å². The van der Waals surface area contributed by atoms with E-state index >= 15 is 0 Å². The van der Waals surface area contributed by atoms with E-state index in [2.05, 4.69) is 20.4 Å². The van der Waals surface area contributed by atoms with Gasteiger partial charge in [-0.2, -0.15) is 5.10 Å². The van der Waals surface area contributed by atoms with Gasteiger partial charge in [0.05, 0.1) is 36.2 Å². The molecular weight excluding hydrogens is 414 g/mol. The van der Waals surface area contributed by atoms with Crippen LogP contribution in [-0.2, 0) is 4.79 Å². The van der Waals surface area contributed by atoms with Crippen LogP contribution in [0.2, 0.25) is 0 Å². The minimum Gasteiger partial charge on any atom is -0.490 e. The van der Waals surface area contributed by atoms with E-state index in [0.29, 0.717) is 41.1 Å². The molecule has 2 aromatic heterocycles. The molecule has 0 bridgehead atoms. The van der Waals surface area contributed by atoms with Gasteiger partial charge in [0, 0.05) is 18.2 Å². The summed E-state index contributed by atoms with van der Waals surface area (Å²) in [5.74, 6) is 1.41. The van der Waals surface area contributed by atoms with Gasteiger partial charge < -0.3 is 14.8 Å². The van der Waals surface area contributed by atoms with Gasteiger partial charge in [0.1, 0.15) is 11.4 Å². The highest BCUT2D eigenvalue weighted by Crippen LogP contribution is 2.32. The van der Waals surface area contributed by atoms with Crippen molar-refractivity contribution in [2.75, 3.05) is 24.3 Å². The number of fused-ring (bicyclic) bond motifs is 2. The molecule has 3 heterocycles. The van der Waals surface area contributed by atoms with Crippen molar-refractivity contribution >= 4 is 34.4 Å². The molecule has 0 saturated carbocycles. The number of anilines is 1. The topological polar surface area (TPSA) is 91.2 Å². The lowest BCUT2D eigenvalue weighted by atomic mass is 10.2. The molecule has 0 unspecified atom stereocenters. The van der Waals surface area contributed by atoms with Crippen LogP contribution < -0.4 is 14.8 Å². The Labute approximate surface area is 182 Å². The third-order valence-corrected chi connectivity index (χ3v) is 5.71. The van der Waals surface area contributed by atoms with Crippen LogP contribution in [0.3, 0.4) is 0 Å². The summed E-state index contributed by atoms with van der Waals surface area (Å²) in [4.78, 5) is 21.2. The van der Waals surface area contributed by atoms with Gasteiger partial charge in [-0.15, -0.1) is 0 Å². The zero-order chi connectivity index (χ0) is 21.0. The van der Waals surface area contributed by atoms with Crippen LogP contribution in [-0.4, -0.2) is 44.6 Å². The van der Waals surface area contributed by atoms with Crippen molar-refractivity contribution in [3.05, 3.63) is 61.1 Å². The minimum absolute atomic E-state index is 0.137. The average molecular weight is 433 g/mol. The first-order valence-electron chi connectivity index (χ1n) is 9.84. The molecule has 0 saturated heterocycles. The summed E-state index contributed by atoms with van der Waals surface area (Å²) in [6.07, 6.45) is 4.06. The number of amides is 1. The van der Waals surface area contributed by atoms with Crippen molar-refractivity contribution in [3.63, 3.8) is 0 Å². The Hall–Kier alpha value is -3.59. The van der Waals surface area contributed by atoms with E-state index in [1.54, 1.807) is 16.9 Å². The van der Waals surface area contributed by atoms with E-state index < -0.39 is 0 Å². The predicted molar refractivity (Wildman–Crippen MR) is 118 cm³/mol. The van der Waals surface area contributed by atoms with Gasteiger partial charge in [-0.25, -0.2) is 14.6 Å². The molecule has 2 aromatic carbocycles. The van der Waals surface area contributed by atoms with Crippen LogP contribution in [0, 0.1) is 0 Å². The molecule has 0 fully saturated rings. The molecule has 31 heavy (non-hydrogen) atoms. The van der Waals surface area contributed by atoms with Crippen molar-refractivity contribution in [1.82, 2.24) is 19.7 Å². The third-order valence-electron chi connectivity index (χ3n) is 4.70. The summed E-state index contributed by atoms with van der Waals surface area (Å²) < 4.78 is 13.1. The van der Waals surface area contributed by atoms with Crippen LogP contribution in [0.5, 0.6) is 11.5 Å². The van der Waals surface area contributed by atoms with E-state index in [4.69, 9.17) is 9.47 Å². The molecule has 8 nitrogen and oxygen atoms in total. The lowest BCUT2D eigenvalue weighted by Gasteiger charge is -2.10. The third kappa shape index (κ3) is 4.17. The summed E-state index contributed by atoms with van der Waals surface area (Å²) in [6, 6.07) is 15.2. The van der Waals surface area contributed by atoms with Gasteiger partial charge in [0.15, 0.2) is 17.1 Å². The number of nitrogens with zero attached hydrogens (tertiary/aromatic N) is 4. The lowest BCUT2D eigenvalue weighted by Crippen LogP contribution is -2.14. The maximum absolute atomic E-state index is 12.5. The molecule has 4 aromatic rings. The Balaban J connectivity index is 1.28. The first-order valence-corrected chi connectivity index (χ1v) is 10.8. The molecule has 1 aliphatic heterocycles. The standard InChI is InChI=1S/C22H19N5O3S/c28-20(26-15-7-8-18-19(11-15)30-10-4-9-29-18)13-31-22-17-12-25-27(21(17)23-14-24-22)16-5-2-1-3-6-16/h1-3,5-8,11-12,14H,4,9-10,13H2,(H,26,28). The SMILES string of the molecule is O=C(CSc1ncnc2c1cnn2-c1ccccc1)Nc1ccc2c(c1)OCCCO2. The van der Waals surface area contributed by atoms with Crippen LogP contribution in [0.1, 0.15) is 6.42 Å². The van der Waals surface area contributed by atoms with Gasteiger partial charge >= 0.3 is 0 Å². The van der Waals surface area contributed by atoms with Crippen molar-refractivity contribution in [3.8, 4) is 17.2 Å². The molecule has 9 heteroatoms. The second kappa shape index (κ2) is 8.65. The van der Waals surface area contributed by atoms with Crippen molar-refractivity contribution in [2.24, 2.45) is 0 Å². The molecule has 1 aliphatic rings. The summed E-state index contributed by atoms with van der Waals surface area (Å²) in [7, 11) is 0. The number of rotatable bonds is 5. The molecule has 0 aliphatic carbocycles. The first kappa shape index (κ1) is 19.4. The summed E-state index contributed by atoms with van der Waals surface area (Å²) in [5, 5.41) is 8.86. The van der Waals surface area contributed by atoms with Crippen molar-refractivity contribution in [2.45, 2.75) is 11.4 Å². The second-order valence-electron chi connectivity index (χ2n) is 6.86. The van der Waals surface area contributed by atoms with E-state index in [1.165, 1.54) is 18.1 Å². The van der Waals surface area contributed by atoms with Gasteiger partial charge in [-0.05, 0) is 24.3 Å². The first-order chi connectivity index (χ1) is 15.3. The monoisotopic (exact) mass is 433 g/mol. The summed E-state index contributed by atoms with van der Waals surface area (Å²) in [5.41, 5.74) is 2.28.